The summed E-state index contributed by atoms with van der Waals surface area (Å²) in [5.41, 5.74) is 0.761. The highest BCUT2D eigenvalue weighted by atomic mass is 19.4. The number of carbonyl (C=O) groups is 1. The fourth-order valence-corrected chi connectivity index (χ4v) is 1.90. The number of alkyl halides is 3. The molecule has 2 rings (SSSR count). The second-order valence-electron chi connectivity index (χ2n) is 4.11. The minimum Gasteiger partial charge on any atom is -0.303 e. The van der Waals surface area contributed by atoms with Crippen LogP contribution in [0.1, 0.15) is 11.1 Å². The molecule has 19 heavy (non-hydrogen) atoms. The number of hydrogen-bond donors (Lipinski definition) is 0. The van der Waals surface area contributed by atoms with Crippen molar-refractivity contribution in [1.29, 1.82) is 0 Å². The van der Waals surface area contributed by atoms with Gasteiger partial charge >= 0.3 is 6.18 Å². The zero-order valence-electron chi connectivity index (χ0n) is 9.95. The Bertz CT molecular complexity index is 571. The van der Waals surface area contributed by atoms with Gasteiger partial charge in [0.2, 0.25) is 0 Å². The van der Waals surface area contributed by atoms with Crippen LogP contribution in [0.5, 0.6) is 0 Å². The first-order valence-corrected chi connectivity index (χ1v) is 5.71. The Morgan fingerprint density at radius 2 is 1.58 bits per heavy atom. The normalized spacial score (nSPS) is 11.3. The molecular weight excluding hydrogens is 253 g/mol. The quantitative estimate of drug-likeness (QED) is 0.762. The summed E-state index contributed by atoms with van der Waals surface area (Å²) in [5.74, 6) is 0. The van der Waals surface area contributed by atoms with E-state index in [9.17, 15) is 18.0 Å². The van der Waals surface area contributed by atoms with Crippen LogP contribution in [0.2, 0.25) is 0 Å². The maximum Gasteiger partial charge on any atom is 0.417 e. The Kier molecular flexibility index (Phi) is 3.69. The predicted octanol–water partition coefficient (Wildman–Crippen LogP) is 4.11. The van der Waals surface area contributed by atoms with Gasteiger partial charge in [0.25, 0.3) is 0 Å². The molecule has 0 saturated heterocycles. The molecule has 2 aromatic rings. The fraction of sp³-hybridized carbons (Fsp3) is 0.133. The van der Waals surface area contributed by atoms with E-state index in [0.717, 1.165) is 17.9 Å². The van der Waals surface area contributed by atoms with Crippen LogP contribution in [0.3, 0.4) is 0 Å². The summed E-state index contributed by atoms with van der Waals surface area (Å²) in [6, 6.07) is 12.0. The van der Waals surface area contributed by atoms with Gasteiger partial charge in [0, 0.05) is 6.42 Å². The number of carbonyl (C=O) groups excluding carboxylic acids is 1. The number of aldehydes is 1. The van der Waals surface area contributed by atoms with Gasteiger partial charge in [0.1, 0.15) is 6.29 Å². The van der Waals surface area contributed by atoms with Crippen molar-refractivity contribution < 1.29 is 18.0 Å². The van der Waals surface area contributed by atoms with Crippen molar-refractivity contribution in [3.63, 3.8) is 0 Å². The van der Waals surface area contributed by atoms with Gasteiger partial charge in [-0.3, -0.25) is 0 Å². The van der Waals surface area contributed by atoms with Gasteiger partial charge in [-0.1, -0.05) is 42.5 Å². The largest absolute Gasteiger partial charge is 0.417 e. The van der Waals surface area contributed by atoms with E-state index in [2.05, 4.69) is 0 Å². The summed E-state index contributed by atoms with van der Waals surface area (Å²) in [4.78, 5) is 10.4. The molecule has 98 valence electrons. The predicted molar refractivity (Wildman–Crippen MR) is 66.6 cm³/mol. The van der Waals surface area contributed by atoms with Crippen LogP contribution in [0.4, 0.5) is 13.2 Å². The molecule has 0 amide bonds. The van der Waals surface area contributed by atoms with Crippen molar-refractivity contribution in [3.8, 4) is 11.1 Å². The lowest BCUT2D eigenvalue weighted by molar-refractivity contribution is -0.137. The van der Waals surface area contributed by atoms with Crippen molar-refractivity contribution in [2.75, 3.05) is 0 Å². The van der Waals surface area contributed by atoms with Crippen LogP contribution in [-0.2, 0) is 17.4 Å². The molecule has 0 saturated carbocycles. The van der Waals surface area contributed by atoms with Crippen LogP contribution in [0, 0.1) is 0 Å². The van der Waals surface area contributed by atoms with E-state index in [4.69, 9.17) is 0 Å². The molecule has 0 N–H and O–H groups in total. The van der Waals surface area contributed by atoms with Crippen molar-refractivity contribution in [2.45, 2.75) is 12.6 Å². The molecule has 0 heterocycles. The van der Waals surface area contributed by atoms with Gasteiger partial charge in [0.15, 0.2) is 0 Å². The molecule has 0 bridgehead atoms. The van der Waals surface area contributed by atoms with Crippen LogP contribution in [0.15, 0.2) is 48.5 Å². The van der Waals surface area contributed by atoms with Gasteiger partial charge < -0.3 is 4.79 Å². The lowest BCUT2D eigenvalue weighted by Gasteiger charge is -2.12. The Hall–Kier alpha value is -2.10. The molecule has 0 unspecified atom stereocenters. The standard InChI is InChI=1S/C15H11F3O/c16-15(17,18)14-4-2-1-3-13(14)12-7-5-11(6-8-12)9-10-19/h1-8,10H,9H2. The third kappa shape index (κ3) is 3.02. The average Bonchev–Trinajstić information content (AvgIpc) is 2.39. The molecule has 0 aliphatic heterocycles. The van der Waals surface area contributed by atoms with E-state index in [1.54, 1.807) is 30.3 Å². The molecule has 0 atom stereocenters. The zero-order valence-corrected chi connectivity index (χ0v) is 9.95. The Morgan fingerprint density at radius 1 is 0.947 bits per heavy atom. The third-order valence-electron chi connectivity index (χ3n) is 2.82. The van der Waals surface area contributed by atoms with Crippen molar-refractivity contribution in [3.05, 3.63) is 59.7 Å². The summed E-state index contributed by atoms with van der Waals surface area (Å²) in [7, 11) is 0. The lowest BCUT2D eigenvalue weighted by Crippen LogP contribution is -2.06. The van der Waals surface area contributed by atoms with Crippen molar-refractivity contribution in [1.82, 2.24) is 0 Å². The Balaban J connectivity index is 2.44. The van der Waals surface area contributed by atoms with E-state index in [1.165, 1.54) is 12.1 Å². The van der Waals surface area contributed by atoms with E-state index in [1.807, 2.05) is 0 Å². The topological polar surface area (TPSA) is 17.1 Å². The SMILES string of the molecule is O=CCc1ccc(-c2ccccc2C(F)(F)F)cc1. The number of halogens is 3. The molecule has 0 aliphatic rings. The maximum absolute atomic E-state index is 12.9. The highest BCUT2D eigenvalue weighted by Crippen LogP contribution is 2.36. The first kappa shape index (κ1) is 13.3. The number of rotatable bonds is 3. The van der Waals surface area contributed by atoms with E-state index in [-0.39, 0.29) is 12.0 Å². The van der Waals surface area contributed by atoms with Gasteiger partial charge in [-0.25, -0.2) is 0 Å². The number of benzene rings is 2. The maximum atomic E-state index is 12.9. The molecule has 0 spiro atoms. The second kappa shape index (κ2) is 5.26. The van der Waals surface area contributed by atoms with Gasteiger partial charge in [-0.2, -0.15) is 13.2 Å². The summed E-state index contributed by atoms with van der Waals surface area (Å²) in [6.07, 6.45) is -3.35. The summed E-state index contributed by atoms with van der Waals surface area (Å²) in [6.45, 7) is 0. The van der Waals surface area contributed by atoms with Crippen LogP contribution in [-0.4, -0.2) is 6.29 Å². The molecule has 2 aromatic carbocycles. The van der Waals surface area contributed by atoms with E-state index < -0.39 is 11.7 Å². The van der Waals surface area contributed by atoms with E-state index >= 15 is 0 Å². The van der Waals surface area contributed by atoms with E-state index in [0.29, 0.717) is 5.56 Å². The van der Waals surface area contributed by atoms with Gasteiger partial charge in [-0.05, 0) is 22.8 Å². The first-order chi connectivity index (χ1) is 9.02. The molecule has 0 aliphatic carbocycles. The summed E-state index contributed by atoms with van der Waals surface area (Å²) < 4.78 is 38.7. The highest BCUT2D eigenvalue weighted by molar-refractivity contribution is 5.68. The smallest absolute Gasteiger partial charge is 0.303 e. The Labute approximate surface area is 108 Å². The van der Waals surface area contributed by atoms with Crippen LogP contribution < -0.4 is 0 Å². The number of hydrogen-bond acceptors (Lipinski definition) is 1. The minimum atomic E-state index is -4.38. The second-order valence-corrected chi connectivity index (χ2v) is 4.11. The summed E-state index contributed by atoms with van der Waals surface area (Å²) in [5, 5.41) is 0. The van der Waals surface area contributed by atoms with Crippen LogP contribution >= 0.6 is 0 Å². The lowest BCUT2D eigenvalue weighted by atomic mass is 9.98. The monoisotopic (exact) mass is 264 g/mol. The molecular formula is C15H11F3O. The summed E-state index contributed by atoms with van der Waals surface area (Å²) >= 11 is 0. The molecule has 0 radical (unpaired) electrons. The van der Waals surface area contributed by atoms with Crippen LogP contribution in [0.25, 0.3) is 11.1 Å². The molecule has 0 aromatic heterocycles. The molecule has 0 fully saturated rings. The average molecular weight is 264 g/mol. The highest BCUT2D eigenvalue weighted by Gasteiger charge is 2.33. The van der Waals surface area contributed by atoms with Gasteiger partial charge in [0.05, 0.1) is 5.56 Å². The third-order valence-corrected chi connectivity index (χ3v) is 2.82. The Morgan fingerprint density at radius 3 is 2.16 bits per heavy atom. The van der Waals surface area contributed by atoms with Crippen molar-refractivity contribution in [2.24, 2.45) is 0 Å². The first-order valence-electron chi connectivity index (χ1n) is 5.71. The molecule has 4 heteroatoms. The fourth-order valence-electron chi connectivity index (χ4n) is 1.90. The zero-order chi connectivity index (χ0) is 13.9. The minimum absolute atomic E-state index is 0.146. The van der Waals surface area contributed by atoms with Crippen molar-refractivity contribution >= 4 is 6.29 Å². The molecule has 1 nitrogen and oxygen atoms in total. The van der Waals surface area contributed by atoms with Gasteiger partial charge in [-0.15, -0.1) is 0 Å².